The van der Waals surface area contributed by atoms with Gasteiger partial charge in [0.25, 0.3) is 0 Å². The van der Waals surface area contributed by atoms with Crippen molar-refractivity contribution in [1.29, 1.82) is 0 Å². The van der Waals surface area contributed by atoms with Gasteiger partial charge in [-0.2, -0.15) is 0 Å². The van der Waals surface area contributed by atoms with Crippen LogP contribution in [0.25, 0.3) is 0 Å². The number of hydrogen-bond acceptors (Lipinski definition) is 2. The Morgan fingerprint density at radius 3 is 2.83 bits per heavy atom. The molecule has 12 heavy (non-hydrogen) atoms. The predicted molar refractivity (Wildman–Crippen MR) is 48.9 cm³/mol. The zero-order chi connectivity index (χ0) is 8.77. The lowest BCUT2D eigenvalue weighted by atomic mass is 9.90. The molecule has 0 spiro atoms. The molecule has 0 aromatic heterocycles. The molecule has 2 nitrogen and oxygen atoms in total. The van der Waals surface area contributed by atoms with E-state index in [1.165, 1.54) is 11.1 Å². The highest BCUT2D eigenvalue weighted by Crippen LogP contribution is 2.42. The summed E-state index contributed by atoms with van der Waals surface area (Å²) in [5.74, 6) is 0. The predicted octanol–water partition coefficient (Wildman–Crippen LogP) is 0.939. The van der Waals surface area contributed by atoms with Gasteiger partial charge in [0.1, 0.15) is 0 Å². The number of rotatable bonds is 1. The Balaban J connectivity index is 2.34. The highest BCUT2D eigenvalue weighted by molar-refractivity contribution is 5.32. The molecule has 0 saturated carbocycles. The number of nitrogens with zero attached hydrogens (tertiary/aromatic N) is 1. The molecule has 0 amide bonds. The summed E-state index contributed by atoms with van der Waals surface area (Å²) in [5, 5.41) is 9.37. The van der Waals surface area contributed by atoms with E-state index in [1.54, 1.807) is 0 Å². The van der Waals surface area contributed by atoms with Gasteiger partial charge >= 0.3 is 0 Å². The summed E-state index contributed by atoms with van der Waals surface area (Å²) in [6, 6.07) is 0. The van der Waals surface area contributed by atoms with Gasteiger partial charge in [-0.3, -0.25) is 4.90 Å². The Morgan fingerprint density at radius 2 is 2.25 bits per heavy atom. The molecule has 0 aliphatic carbocycles. The summed E-state index contributed by atoms with van der Waals surface area (Å²) < 4.78 is 0. The van der Waals surface area contributed by atoms with Crippen molar-refractivity contribution < 1.29 is 5.11 Å². The van der Waals surface area contributed by atoms with E-state index < -0.39 is 0 Å². The monoisotopic (exact) mass is 165 g/mol. The van der Waals surface area contributed by atoms with Crippen LogP contribution in [0.3, 0.4) is 0 Å². The molecule has 0 bridgehead atoms. The molecule has 1 atom stereocenters. The topological polar surface area (TPSA) is 23.5 Å². The molecule has 0 aromatic rings. The molecule has 2 fully saturated rings. The minimum Gasteiger partial charge on any atom is -0.394 e. The normalized spacial score (nSPS) is 36.1. The third-order valence-electron chi connectivity index (χ3n) is 3.17. The van der Waals surface area contributed by atoms with Gasteiger partial charge in [0.05, 0.1) is 12.1 Å². The van der Waals surface area contributed by atoms with E-state index in [-0.39, 0.29) is 12.1 Å². The average Bonchev–Trinajstić information content (AvgIpc) is 2.50. The highest BCUT2D eigenvalue weighted by Gasteiger charge is 2.47. The number of hydrogen-bond donors (Lipinski definition) is 1. The second-order valence-electron chi connectivity index (χ2n) is 3.89. The molecule has 2 rings (SSSR count). The van der Waals surface area contributed by atoms with E-state index in [1.807, 2.05) is 0 Å². The lowest BCUT2D eigenvalue weighted by molar-refractivity contribution is 0.123. The Morgan fingerprint density at radius 1 is 1.50 bits per heavy atom. The summed E-state index contributed by atoms with van der Waals surface area (Å²) in [6.07, 6.45) is 1.94. The quantitative estimate of drug-likeness (QED) is 0.584. The van der Waals surface area contributed by atoms with E-state index in [9.17, 15) is 5.11 Å². The molecule has 2 aliphatic heterocycles. The molecule has 0 aromatic carbocycles. The Bertz CT molecular complexity index is 246. The molecular weight excluding hydrogens is 150 g/mol. The first kappa shape index (κ1) is 8.02. The summed E-state index contributed by atoms with van der Waals surface area (Å²) in [7, 11) is 0. The lowest BCUT2D eigenvalue weighted by Gasteiger charge is -2.30. The van der Waals surface area contributed by atoms with E-state index in [0.29, 0.717) is 0 Å². The molecule has 1 N–H and O–H groups in total. The van der Waals surface area contributed by atoms with Crippen molar-refractivity contribution >= 4 is 0 Å². The second-order valence-corrected chi connectivity index (χ2v) is 3.89. The summed E-state index contributed by atoms with van der Waals surface area (Å²) in [5.41, 5.74) is 2.28. The van der Waals surface area contributed by atoms with Crippen molar-refractivity contribution in [1.82, 2.24) is 4.90 Å². The van der Waals surface area contributed by atoms with Gasteiger partial charge < -0.3 is 5.11 Å². The summed E-state index contributed by atoms with van der Waals surface area (Å²) in [6.45, 7) is 10.2. The van der Waals surface area contributed by atoms with Gasteiger partial charge in [0.15, 0.2) is 0 Å². The van der Waals surface area contributed by atoms with E-state index in [0.717, 1.165) is 25.9 Å². The fourth-order valence-electron chi connectivity index (χ4n) is 2.41. The first-order valence-electron chi connectivity index (χ1n) is 4.40. The zero-order valence-electron chi connectivity index (χ0n) is 7.34. The summed E-state index contributed by atoms with van der Waals surface area (Å²) in [4.78, 5) is 2.30. The highest BCUT2D eigenvalue weighted by atomic mass is 16.3. The molecule has 1 unspecified atom stereocenters. The third kappa shape index (κ3) is 0.822. The maximum Gasteiger partial charge on any atom is 0.0692 e. The SMILES string of the molecule is C=C1CN2CCC(=C)C2(CO)C1. The maximum atomic E-state index is 9.37. The molecule has 2 heteroatoms. The van der Waals surface area contributed by atoms with E-state index >= 15 is 0 Å². The Hall–Kier alpha value is -0.600. The van der Waals surface area contributed by atoms with Gasteiger partial charge in [-0.1, -0.05) is 24.3 Å². The molecule has 66 valence electrons. The van der Waals surface area contributed by atoms with Crippen molar-refractivity contribution in [2.75, 3.05) is 19.7 Å². The van der Waals surface area contributed by atoms with Crippen LogP contribution in [-0.2, 0) is 0 Å². The molecule has 2 heterocycles. The van der Waals surface area contributed by atoms with Crippen molar-refractivity contribution in [3.63, 3.8) is 0 Å². The standard InChI is InChI=1S/C10H15NO/c1-8-5-10(7-12)9(2)3-4-11(10)6-8/h12H,1-7H2. The van der Waals surface area contributed by atoms with Gasteiger partial charge in [0, 0.05) is 13.1 Å². The fourth-order valence-corrected chi connectivity index (χ4v) is 2.41. The molecule has 2 aliphatic rings. The largest absolute Gasteiger partial charge is 0.394 e. The summed E-state index contributed by atoms with van der Waals surface area (Å²) >= 11 is 0. The maximum absolute atomic E-state index is 9.37. The van der Waals surface area contributed by atoms with Crippen LogP contribution in [0, 0.1) is 0 Å². The number of aliphatic hydroxyl groups excluding tert-OH is 1. The average molecular weight is 165 g/mol. The third-order valence-corrected chi connectivity index (χ3v) is 3.17. The van der Waals surface area contributed by atoms with E-state index in [4.69, 9.17) is 0 Å². The Labute approximate surface area is 73.2 Å². The lowest BCUT2D eigenvalue weighted by Crippen LogP contribution is -2.42. The first-order valence-corrected chi connectivity index (χ1v) is 4.40. The number of fused-ring (bicyclic) bond motifs is 1. The zero-order valence-corrected chi connectivity index (χ0v) is 7.34. The van der Waals surface area contributed by atoms with Crippen LogP contribution in [0.4, 0.5) is 0 Å². The molecular formula is C10H15NO. The minimum atomic E-state index is -0.128. The molecule has 2 saturated heterocycles. The van der Waals surface area contributed by atoms with Crippen LogP contribution in [0.15, 0.2) is 24.3 Å². The van der Waals surface area contributed by atoms with Crippen molar-refractivity contribution in [2.45, 2.75) is 18.4 Å². The van der Waals surface area contributed by atoms with Crippen LogP contribution < -0.4 is 0 Å². The second kappa shape index (κ2) is 2.44. The van der Waals surface area contributed by atoms with Crippen LogP contribution in [0.5, 0.6) is 0 Å². The fraction of sp³-hybridized carbons (Fsp3) is 0.600. The van der Waals surface area contributed by atoms with E-state index in [2.05, 4.69) is 18.1 Å². The van der Waals surface area contributed by atoms with Gasteiger partial charge in [-0.05, 0) is 12.8 Å². The van der Waals surface area contributed by atoms with Crippen LogP contribution in [-0.4, -0.2) is 35.2 Å². The van der Waals surface area contributed by atoms with Crippen molar-refractivity contribution in [3.8, 4) is 0 Å². The van der Waals surface area contributed by atoms with Gasteiger partial charge in [-0.25, -0.2) is 0 Å². The van der Waals surface area contributed by atoms with Crippen LogP contribution in [0.2, 0.25) is 0 Å². The van der Waals surface area contributed by atoms with Crippen molar-refractivity contribution in [2.24, 2.45) is 0 Å². The minimum absolute atomic E-state index is 0.128. The van der Waals surface area contributed by atoms with Crippen molar-refractivity contribution in [3.05, 3.63) is 24.3 Å². The molecule has 0 radical (unpaired) electrons. The van der Waals surface area contributed by atoms with Gasteiger partial charge in [0.2, 0.25) is 0 Å². The smallest absolute Gasteiger partial charge is 0.0692 e. The first-order chi connectivity index (χ1) is 5.69. The van der Waals surface area contributed by atoms with Crippen LogP contribution in [0.1, 0.15) is 12.8 Å². The Kier molecular flexibility index (Phi) is 1.63. The van der Waals surface area contributed by atoms with Crippen LogP contribution >= 0.6 is 0 Å². The number of aliphatic hydroxyl groups is 1. The van der Waals surface area contributed by atoms with Gasteiger partial charge in [-0.15, -0.1) is 0 Å².